The highest BCUT2D eigenvalue weighted by Crippen LogP contribution is 2.24. The van der Waals surface area contributed by atoms with Crippen LogP contribution in [0.25, 0.3) is 0 Å². The lowest BCUT2D eigenvalue weighted by Crippen LogP contribution is -2.46. The molecule has 1 unspecified atom stereocenters. The second-order valence-electron chi connectivity index (χ2n) is 6.01. The van der Waals surface area contributed by atoms with Gasteiger partial charge in [-0.3, -0.25) is 4.79 Å². The lowest BCUT2D eigenvalue weighted by atomic mass is 9.91. The molecule has 0 aliphatic carbocycles. The smallest absolute Gasteiger partial charge is 0.410 e. The van der Waals surface area contributed by atoms with Gasteiger partial charge in [-0.05, 0) is 27.7 Å². The fourth-order valence-electron chi connectivity index (χ4n) is 1.87. The summed E-state index contributed by atoms with van der Waals surface area (Å²) in [6.45, 7) is 8.39. The number of hydrogen-bond donors (Lipinski definition) is 0. The minimum atomic E-state index is -0.859. The zero-order valence-corrected chi connectivity index (χ0v) is 12.3. The standard InChI is InChI=1S/C13H23NO5/c1-12(2,3)19-11(16)14-6-7-18-9-13(4,8-14)10(15)17-5/h6-9H2,1-5H3. The van der Waals surface area contributed by atoms with Crippen LogP contribution < -0.4 is 0 Å². The molecule has 0 radical (unpaired) electrons. The van der Waals surface area contributed by atoms with Gasteiger partial charge in [0.1, 0.15) is 11.0 Å². The Morgan fingerprint density at radius 2 is 1.95 bits per heavy atom. The van der Waals surface area contributed by atoms with Crippen LogP contribution in [-0.4, -0.2) is 56.0 Å². The number of hydrogen-bond acceptors (Lipinski definition) is 5. The Kier molecular flexibility index (Phi) is 4.79. The first-order valence-corrected chi connectivity index (χ1v) is 6.32. The van der Waals surface area contributed by atoms with Crippen LogP contribution in [0, 0.1) is 5.41 Å². The molecule has 0 aromatic carbocycles. The van der Waals surface area contributed by atoms with E-state index in [1.54, 1.807) is 27.7 Å². The topological polar surface area (TPSA) is 65.1 Å². The van der Waals surface area contributed by atoms with Crippen LogP contribution in [-0.2, 0) is 19.0 Å². The Balaban J connectivity index is 2.79. The number of esters is 1. The maximum absolute atomic E-state index is 12.1. The van der Waals surface area contributed by atoms with Gasteiger partial charge in [0.15, 0.2) is 0 Å². The zero-order chi connectivity index (χ0) is 14.7. The van der Waals surface area contributed by atoms with E-state index < -0.39 is 17.1 Å². The molecule has 0 spiro atoms. The van der Waals surface area contributed by atoms with Crippen LogP contribution >= 0.6 is 0 Å². The van der Waals surface area contributed by atoms with Gasteiger partial charge >= 0.3 is 12.1 Å². The Morgan fingerprint density at radius 1 is 1.32 bits per heavy atom. The molecule has 1 rings (SSSR count). The quantitative estimate of drug-likeness (QED) is 0.676. The highest BCUT2D eigenvalue weighted by molar-refractivity contribution is 5.78. The first-order valence-electron chi connectivity index (χ1n) is 6.32. The molecular weight excluding hydrogens is 250 g/mol. The second-order valence-corrected chi connectivity index (χ2v) is 6.01. The number of methoxy groups -OCH3 is 1. The molecule has 0 saturated carbocycles. The van der Waals surface area contributed by atoms with Crippen molar-refractivity contribution in [3.05, 3.63) is 0 Å². The van der Waals surface area contributed by atoms with Gasteiger partial charge in [-0.1, -0.05) is 0 Å². The van der Waals surface area contributed by atoms with Crippen molar-refractivity contribution in [1.29, 1.82) is 0 Å². The monoisotopic (exact) mass is 273 g/mol. The largest absolute Gasteiger partial charge is 0.468 e. The molecule has 1 saturated heterocycles. The summed E-state index contributed by atoms with van der Waals surface area (Å²) in [7, 11) is 1.33. The Labute approximate surface area is 114 Å². The number of nitrogens with zero attached hydrogens (tertiary/aromatic N) is 1. The highest BCUT2D eigenvalue weighted by atomic mass is 16.6. The van der Waals surface area contributed by atoms with Gasteiger partial charge in [-0.2, -0.15) is 0 Å². The third kappa shape index (κ3) is 4.38. The molecular formula is C13H23NO5. The summed E-state index contributed by atoms with van der Waals surface area (Å²) >= 11 is 0. The van der Waals surface area contributed by atoms with Gasteiger partial charge in [-0.25, -0.2) is 4.79 Å². The first-order chi connectivity index (χ1) is 8.68. The molecule has 19 heavy (non-hydrogen) atoms. The van der Waals surface area contributed by atoms with Crippen LogP contribution in [0.1, 0.15) is 27.7 Å². The lowest BCUT2D eigenvalue weighted by molar-refractivity contribution is -0.155. The van der Waals surface area contributed by atoms with E-state index in [1.807, 2.05) is 0 Å². The number of amides is 1. The van der Waals surface area contributed by atoms with E-state index in [9.17, 15) is 9.59 Å². The molecule has 1 aliphatic heterocycles. The molecule has 1 heterocycles. The van der Waals surface area contributed by atoms with E-state index >= 15 is 0 Å². The Hall–Kier alpha value is -1.30. The van der Waals surface area contributed by atoms with Gasteiger partial charge in [0.25, 0.3) is 0 Å². The summed E-state index contributed by atoms with van der Waals surface area (Å²) in [6.07, 6.45) is -0.437. The molecule has 1 atom stereocenters. The van der Waals surface area contributed by atoms with Crippen LogP contribution in [0.4, 0.5) is 4.79 Å². The zero-order valence-electron chi connectivity index (χ0n) is 12.3. The molecule has 1 fully saturated rings. The molecule has 110 valence electrons. The predicted octanol–water partition coefficient (Wildman–Crippen LogP) is 1.43. The van der Waals surface area contributed by atoms with Crippen molar-refractivity contribution in [1.82, 2.24) is 4.90 Å². The number of rotatable bonds is 1. The van der Waals surface area contributed by atoms with Crippen molar-refractivity contribution in [2.75, 3.05) is 33.4 Å². The van der Waals surface area contributed by atoms with Gasteiger partial charge in [0.2, 0.25) is 0 Å². The Bertz CT molecular complexity index is 349. The van der Waals surface area contributed by atoms with Gasteiger partial charge in [0.05, 0.1) is 20.3 Å². The summed E-state index contributed by atoms with van der Waals surface area (Å²) in [5, 5.41) is 0. The third-order valence-electron chi connectivity index (χ3n) is 2.80. The lowest BCUT2D eigenvalue weighted by Gasteiger charge is -2.31. The SMILES string of the molecule is COC(=O)C1(C)COCCN(C(=O)OC(C)(C)C)C1. The van der Waals surface area contributed by atoms with Gasteiger partial charge < -0.3 is 19.1 Å². The molecule has 0 aromatic rings. The number of ether oxygens (including phenoxy) is 3. The fraction of sp³-hybridized carbons (Fsp3) is 0.846. The predicted molar refractivity (Wildman–Crippen MR) is 68.7 cm³/mol. The third-order valence-corrected chi connectivity index (χ3v) is 2.80. The summed E-state index contributed by atoms with van der Waals surface area (Å²) in [5.74, 6) is -0.386. The van der Waals surface area contributed by atoms with Crippen molar-refractivity contribution in [3.8, 4) is 0 Å². The van der Waals surface area contributed by atoms with Crippen molar-refractivity contribution in [2.24, 2.45) is 5.41 Å². The van der Waals surface area contributed by atoms with Crippen LogP contribution in [0.5, 0.6) is 0 Å². The highest BCUT2D eigenvalue weighted by Gasteiger charge is 2.40. The molecule has 1 aliphatic rings. The van der Waals surface area contributed by atoms with Crippen LogP contribution in [0.3, 0.4) is 0 Å². The minimum absolute atomic E-state index is 0.231. The average molecular weight is 273 g/mol. The molecule has 0 aromatic heterocycles. The summed E-state index contributed by atoms with van der Waals surface area (Å²) < 4.78 is 15.5. The summed E-state index contributed by atoms with van der Waals surface area (Å²) in [6, 6.07) is 0. The van der Waals surface area contributed by atoms with E-state index in [0.717, 1.165) is 0 Å². The molecule has 6 heteroatoms. The van der Waals surface area contributed by atoms with E-state index in [0.29, 0.717) is 13.2 Å². The van der Waals surface area contributed by atoms with Gasteiger partial charge in [0, 0.05) is 13.1 Å². The molecule has 6 nitrogen and oxygen atoms in total. The maximum Gasteiger partial charge on any atom is 0.410 e. The van der Waals surface area contributed by atoms with Crippen molar-refractivity contribution >= 4 is 12.1 Å². The van der Waals surface area contributed by atoms with Crippen LogP contribution in [0.15, 0.2) is 0 Å². The van der Waals surface area contributed by atoms with E-state index in [4.69, 9.17) is 14.2 Å². The molecule has 0 bridgehead atoms. The normalized spacial score (nSPS) is 24.6. The van der Waals surface area contributed by atoms with E-state index in [1.165, 1.54) is 12.0 Å². The van der Waals surface area contributed by atoms with Gasteiger partial charge in [-0.15, -0.1) is 0 Å². The van der Waals surface area contributed by atoms with Crippen LogP contribution in [0.2, 0.25) is 0 Å². The Morgan fingerprint density at radius 3 is 2.47 bits per heavy atom. The molecule has 1 amide bonds. The summed E-state index contributed by atoms with van der Waals surface area (Å²) in [4.78, 5) is 25.4. The second kappa shape index (κ2) is 5.77. The first kappa shape index (κ1) is 15.8. The van der Waals surface area contributed by atoms with Crippen molar-refractivity contribution in [2.45, 2.75) is 33.3 Å². The van der Waals surface area contributed by atoms with Crippen molar-refractivity contribution in [3.63, 3.8) is 0 Å². The number of carbonyl (C=O) groups is 2. The fourth-order valence-corrected chi connectivity index (χ4v) is 1.87. The summed E-state index contributed by atoms with van der Waals surface area (Å²) in [5.41, 5.74) is -1.42. The maximum atomic E-state index is 12.1. The molecule has 0 N–H and O–H groups in total. The average Bonchev–Trinajstić information content (AvgIpc) is 2.49. The van der Waals surface area contributed by atoms with Crippen molar-refractivity contribution < 1.29 is 23.8 Å². The van der Waals surface area contributed by atoms with E-state index in [-0.39, 0.29) is 19.1 Å². The minimum Gasteiger partial charge on any atom is -0.468 e. The number of carbonyl (C=O) groups excluding carboxylic acids is 2. The van der Waals surface area contributed by atoms with E-state index in [2.05, 4.69) is 0 Å².